The third-order valence-corrected chi connectivity index (χ3v) is 5.32. The molecule has 1 amide bonds. The van der Waals surface area contributed by atoms with Gasteiger partial charge in [-0.25, -0.2) is 4.39 Å². The van der Waals surface area contributed by atoms with Gasteiger partial charge >= 0.3 is 0 Å². The Balaban J connectivity index is 1.72. The predicted octanol–water partition coefficient (Wildman–Crippen LogP) is 3.22. The van der Waals surface area contributed by atoms with Crippen molar-refractivity contribution in [3.63, 3.8) is 0 Å². The number of nitrogens with one attached hydrogen (secondary N) is 1. The van der Waals surface area contributed by atoms with Gasteiger partial charge in [0.15, 0.2) is 17.1 Å². The third-order valence-electron chi connectivity index (χ3n) is 5.32. The molecular weight excluding hydrogens is 387 g/mol. The number of primary amides is 1. The molecule has 0 aliphatic carbocycles. The van der Waals surface area contributed by atoms with Crippen molar-refractivity contribution in [1.82, 2.24) is 10.3 Å². The summed E-state index contributed by atoms with van der Waals surface area (Å²) in [5.74, 6) is -0.704. The van der Waals surface area contributed by atoms with E-state index in [2.05, 4.69) is 15.2 Å². The minimum atomic E-state index is -0.547. The van der Waals surface area contributed by atoms with Crippen LogP contribution >= 0.6 is 0 Å². The first kappa shape index (κ1) is 20.2. The van der Waals surface area contributed by atoms with Crippen molar-refractivity contribution in [2.45, 2.75) is 32.4 Å². The van der Waals surface area contributed by atoms with E-state index in [0.29, 0.717) is 35.8 Å². The Morgan fingerprint density at radius 1 is 1.33 bits per heavy atom. The lowest BCUT2D eigenvalue weighted by Gasteiger charge is -2.33. The van der Waals surface area contributed by atoms with Crippen molar-refractivity contribution in [3.05, 3.63) is 53.3 Å². The van der Waals surface area contributed by atoms with Crippen LogP contribution in [-0.2, 0) is 6.54 Å². The third kappa shape index (κ3) is 4.09. The molecule has 0 unspecified atom stereocenters. The van der Waals surface area contributed by atoms with Gasteiger partial charge in [-0.3, -0.25) is 4.79 Å². The van der Waals surface area contributed by atoms with Gasteiger partial charge in [-0.05, 0) is 62.7 Å². The summed E-state index contributed by atoms with van der Waals surface area (Å²) in [6.45, 7) is 4.47. The van der Waals surface area contributed by atoms with E-state index in [1.54, 1.807) is 30.3 Å². The molecule has 0 atom stereocenters. The van der Waals surface area contributed by atoms with Crippen LogP contribution in [0.1, 0.15) is 35.7 Å². The van der Waals surface area contributed by atoms with Crippen LogP contribution in [0.25, 0.3) is 11.1 Å². The average molecular weight is 412 g/mol. The van der Waals surface area contributed by atoms with Crippen molar-refractivity contribution in [2.24, 2.45) is 5.73 Å². The van der Waals surface area contributed by atoms with E-state index in [1.165, 1.54) is 6.07 Å². The second kappa shape index (κ2) is 8.71. The number of nitrogens with zero attached hydrogens (tertiary/aromatic N) is 2. The number of hydrogen-bond acceptors (Lipinski definition) is 6. The molecule has 3 aromatic rings. The molecule has 0 spiro atoms. The highest BCUT2D eigenvalue weighted by molar-refractivity contribution is 6.03. The smallest absolute Gasteiger partial charge is 0.298 e. The van der Waals surface area contributed by atoms with Crippen LogP contribution in [-0.4, -0.2) is 36.6 Å². The van der Waals surface area contributed by atoms with Crippen LogP contribution in [0.5, 0.6) is 5.75 Å². The number of anilines is 1. The summed E-state index contributed by atoms with van der Waals surface area (Å²) in [7, 11) is 0. The van der Waals surface area contributed by atoms with Crippen LogP contribution in [0.4, 0.5) is 10.4 Å². The number of amides is 1. The lowest BCUT2D eigenvalue weighted by Crippen LogP contribution is -2.43. The summed E-state index contributed by atoms with van der Waals surface area (Å²) >= 11 is 0. The molecule has 2 heterocycles. The van der Waals surface area contributed by atoms with Gasteiger partial charge in [-0.15, -0.1) is 0 Å². The topological polar surface area (TPSA) is 93.6 Å². The van der Waals surface area contributed by atoms with Gasteiger partial charge in [0.25, 0.3) is 11.9 Å². The summed E-state index contributed by atoms with van der Waals surface area (Å²) in [5, 5.41) is 3.36. The highest BCUT2D eigenvalue weighted by Crippen LogP contribution is 2.30. The van der Waals surface area contributed by atoms with E-state index < -0.39 is 5.91 Å². The fraction of sp³-hybridized carbons (Fsp3) is 0.364. The fourth-order valence-electron chi connectivity index (χ4n) is 3.84. The minimum Gasteiger partial charge on any atom is -0.491 e. The molecule has 0 radical (unpaired) electrons. The summed E-state index contributed by atoms with van der Waals surface area (Å²) in [6, 6.07) is 10.6. The second-order valence-electron chi connectivity index (χ2n) is 7.32. The lowest BCUT2D eigenvalue weighted by molar-refractivity contribution is 0.100. The van der Waals surface area contributed by atoms with E-state index in [0.717, 1.165) is 31.5 Å². The molecule has 2 aromatic carbocycles. The Morgan fingerprint density at radius 2 is 2.13 bits per heavy atom. The Bertz CT molecular complexity index is 1050. The van der Waals surface area contributed by atoms with Gasteiger partial charge < -0.3 is 25.1 Å². The van der Waals surface area contributed by atoms with Gasteiger partial charge in [0.05, 0.1) is 12.2 Å². The Labute approximate surface area is 174 Å². The summed E-state index contributed by atoms with van der Waals surface area (Å²) < 4.78 is 25.4. The van der Waals surface area contributed by atoms with E-state index in [9.17, 15) is 9.18 Å². The predicted molar refractivity (Wildman–Crippen MR) is 112 cm³/mol. The van der Waals surface area contributed by atoms with Gasteiger partial charge in [0, 0.05) is 12.6 Å². The number of fused-ring (bicyclic) bond motifs is 1. The van der Waals surface area contributed by atoms with Crippen LogP contribution in [0.15, 0.2) is 40.8 Å². The summed E-state index contributed by atoms with van der Waals surface area (Å²) in [4.78, 5) is 18.5. The summed E-state index contributed by atoms with van der Waals surface area (Å²) in [6.07, 6.45) is 1.84. The molecule has 0 bridgehead atoms. The monoisotopic (exact) mass is 412 g/mol. The number of para-hydroxylation sites is 1. The van der Waals surface area contributed by atoms with Crippen molar-refractivity contribution < 1.29 is 18.3 Å². The molecule has 0 saturated carbocycles. The molecule has 8 heteroatoms. The highest BCUT2D eigenvalue weighted by atomic mass is 19.1. The standard InChI is InChI=1S/C22H25FN4O3/c1-2-29-19-12-14(6-7-17(19)23)13-27(15-8-10-25-11-9-15)22-26-20-16(21(24)28)4-3-5-18(20)30-22/h3-7,12,15,25H,2,8-11,13H2,1H3,(H2,24,28). The molecule has 3 N–H and O–H groups in total. The normalized spacial score (nSPS) is 14.7. The Kier molecular flexibility index (Phi) is 5.85. The fourth-order valence-corrected chi connectivity index (χ4v) is 3.84. The second-order valence-corrected chi connectivity index (χ2v) is 7.32. The maximum absolute atomic E-state index is 14.0. The zero-order valence-electron chi connectivity index (χ0n) is 16.9. The number of nitrogens with two attached hydrogens (primary N) is 1. The lowest BCUT2D eigenvalue weighted by atomic mass is 10.0. The first-order chi connectivity index (χ1) is 14.6. The maximum Gasteiger partial charge on any atom is 0.298 e. The van der Waals surface area contributed by atoms with Crippen molar-refractivity contribution in [3.8, 4) is 5.75 Å². The minimum absolute atomic E-state index is 0.192. The van der Waals surface area contributed by atoms with Crippen molar-refractivity contribution in [2.75, 3.05) is 24.6 Å². The number of halogens is 1. The zero-order valence-corrected chi connectivity index (χ0v) is 16.9. The van der Waals surface area contributed by atoms with Crippen LogP contribution < -0.4 is 20.7 Å². The maximum atomic E-state index is 14.0. The van der Waals surface area contributed by atoms with Crippen molar-refractivity contribution in [1.29, 1.82) is 0 Å². The first-order valence-corrected chi connectivity index (χ1v) is 10.1. The van der Waals surface area contributed by atoms with Crippen LogP contribution in [0.2, 0.25) is 0 Å². The molecule has 30 heavy (non-hydrogen) atoms. The number of benzene rings is 2. The molecule has 1 saturated heterocycles. The van der Waals surface area contributed by atoms with E-state index in [-0.39, 0.29) is 17.6 Å². The van der Waals surface area contributed by atoms with Crippen LogP contribution in [0, 0.1) is 5.82 Å². The first-order valence-electron chi connectivity index (χ1n) is 10.1. The Morgan fingerprint density at radius 3 is 2.87 bits per heavy atom. The number of ether oxygens (including phenoxy) is 1. The van der Waals surface area contributed by atoms with Crippen molar-refractivity contribution >= 4 is 23.0 Å². The molecule has 4 rings (SSSR count). The largest absolute Gasteiger partial charge is 0.491 e. The van der Waals surface area contributed by atoms with Gasteiger partial charge in [-0.1, -0.05) is 12.1 Å². The zero-order chi connectivity index (χ0) is 21.1. The highest BCUT2D eigenvalue weighted by Gasteiger charge is 2.26. The Hall–Kier alpha value is -3.13. The van der Waals surface area contributed by atoms with E-state index in [1.807, 2.05) is 6.92 Å². The van der Waals surface area contributed by atoms with Crippen LogP contribution in [0.3, 0.4) is 0 Å². The summed E-state index contributed by atoms with van der Waals surface area (Å²) in [5.41, 5.74) is 7.67. The number of hydrogen-bond donors (Lipinski definition) is 2. The van der Waals surface area contributed by atoms with Gasteiger partial charge in [0.2, 0.25) is 0 Å². The van der Waals surface area contributed by atoms with Gasteiger partial charge in [0.1, 0.15) is 5.52 Å². The molecular formula is C22H25FN4O3. The number of rotatable bonds is 7. The molecule has 7 nitrogen and oxygen atoms in total. The van der Waals surface area contributed by atoms with E-state index >= 15 is 0 Å². The molecule has 158 valence electrons. The molecule has 1 fully saturated rings. The molecule has 1 aliphatic rings. The number of oxazole rings is 1. The quantitative estimate of drug-likeness (QED) is 0.619. The SMILES string of the molecule is CCOc1cc(CN(c2nc3c(C(N)=O)cccc3o2)C2CCNCC2)ccc1F. The molecule has 1 aromatic heterocycles. The number of aromatic nitrogens is 1. The average Bonchev–Trinajstić information content (AvgIpc) is 3.18. The number of carbonyl (C=O) groups is 1. The van der Waals surface area contributed by atoms with Gasteiger partial charge in [-0.2, -0.15) is 4.98 Å². The molecule has 1 aliphatic heterocycles. The number of carbonyl (C=O) groups excluding carboxylic acids is 1. The van der Waals surface area contributed by atoms with E-state index in [4.69, 9.17) is 14.9 Å². The number of piperidine rings is 1.